The third-order valence-corrected chi connectivity index (χ3v) is 5.55. The second-order valence-corrected chi connectivity index (χ2v) is 7.94. The standard InChI is InChI=1S/C19H18N8O2S/c1-2-20-17(28)12-5-6-15-23-24-19(26(15)9-12)30-16-8-7-14-21-13(10-27(14)25-16)22-18(29)11-3-4-11/h5-11H,2-4H2,1H3,(H,20,28)(H,22,29). The van der Waals surface area contributed by atoms with E-state index in [1.807, 2.05) is 19.1 Å². The smallest absolute Gasteiger partial charge is 0.252 e. The van der Waals surface area contributed by atoms with Gasteiger partial charge in [-0.1, -0.05) is 0 Å². The second-order valence-electron chi connectivity index (χ2n) is 6.95. The van der Waals surface area contributed by atoms with Gasteiger partial charge in [0.2, 0.25) is 11.1 Å². The summed E-state index contributed by atoms with van der Waals surface area (Å²) in [4.78, 5) is 28.4. The molecule has 0 atom stereocenters. The van der Waals surface area contributed by atoms with Crippen LogP contribution in [-0.4, -0.2) is 47.6 Å². The van der Waals surface area contributed by atoms with Crippen LogP contribution in [0.3, 0.4) is 0 Å². The number of pyridine rings is 1. The predicted molar refractivity (Wildman–Crippen MR) is 109 cm³/mol. The highest BCUT2D eigenvalue weighted by molar-refractivity contribution is 7.99. The first-order valence-corrected chi connectivity index (χ1v) is 10.4. The van der Waals surface area contributed by atoms with Crippen molar-refractivity contribution in [1.29, 1.82) is 0 Å². The van der Waals surface area contributed by atoms with Gasteiger partial charge in [0.15, 0.2) is 17.1 Å². The van der Waals surface area contributed by atoms with Crippen LogP contribution in [0.15, 0.2) is 46.8 Å². The number of carbonyl (C=O) groups excluding carboxylic acids is 2. The number of hydrogen-bond acceptors (Lipinski definition) is 7. The minimum atomic E-state index is -0.150. The van der Waals surface area contributed by atoms with E-state index in [1.54, 1.807) is 33.4 Å². The molecular formula is C19H18N8O2S. The lowest BCUT2D eigenvalue weighted by molar-refractivity contribution is -0.117. The van der Waals surface area contributed by atoms with E-state index in [9.17, 15) is 9.59 Å². The molecule has 30 heavy (non-hydrogen) atoms. The van der Waals surface area contributed by atoms with E-state index in [0.29, 0.717) is 39.4 Å². The number of anilines is 1. The third kappa shape index (κ3) is 3.59. The van der Waals surface area contributed by atoms with Crippen molar-refractivity contribution in [1.82, 2.24) is 34.5 Å². The number of hydrogen-bond donors (Lipinski definition) is 2. The average Bonchev–Trinajstić information content (AvgIpc) is 3.41. The van der Waals surface area contributed by atoms with Gasteiger partial charge in [0.05, 0.1) is 11.8 Å². The van der Waals surface area contributed by atoms with Crippen LogP contribution in [-0.2, 0) is 4.79 Å². The van der Waals surface area contributed by atoms with Crippen LogP contribution in [0.1, 0.15) is 30.1 Å². The summed E-state index contributed by atoms with van der Waals surface area (Å²) in [7, 11) is 0. The maximum Gasteiger partial charge on any atom is 0.252 e. The molecule has 2 amide bonds. The van der Waals surface area contributed by atoms with Gasteiger partial charge in [0, 0.05) is 18.7 Å². The highest BCUT2D eigenvalue weighted by atomic mass is 32.2. The maximum absolute atomic E-state index is 12.1. The van der Waals surface area contributed by atoms with Crippen LogP contribution >= 0.6 is 11.8 Å². The minimum Gasteiger partial charge on any atom is -0.352 e. The molecule has 0 unspecified atom stereocenters. The molecule has 1 aliphatic rings. The Hall–Kier alpha value is -3.47. The molecule has 4 heterocycles. The van der Waals surface area contributed by atoms with Crippen LogP contribution in [0.5, 0.6) is 0 Å². The topological polar surface area (TPSA) is 119 Å². The number of imidazole rings is 1. The summed E-state index contributed by atoms with van der Waals surface area (Å²) in [6.07, 6.45) is 5.28. The van der Waals surface area contributed by atoms with E-state index >= 15 is 0 Å². The first-order chi connectivity index (χ1) is 14.6. The van der Waals surface area contributed by atoms with Crippen LogP contribution in [0.25, 0.3) is 11.3 Å². The molecule has 10 nitrogen and oxygen atoms in total. The van der Waals surface area contributed by atoms with Crippen molar-refractivity contribution in [2.24, 2.45) is 5.92 Å². The summed E-state index contributed by atoms with van der Waals surface area (Å²) < 4.78 is 3.38. The van der Waals surface area contributed by atoms with E-state index in [2.05, 4.69) is 30.9 Å². The van der Waals surface area contributed by atoms with E-state index < -0.39 is 0 Å². The molecule has 0 saturated heterocycles. The highest BCUT2D eigenvalue weighted by Gasteiger charge is 2.30. The fourth-order valence-corrected chi connectivity index (χ4v) is 3.76. The highest BCUT2D eigenvalue weighted by Crippen LogP contribution is 2.30. The lowest BCUT2D eigenvalue weighted by Gasteiger charge is -2.04. The Bertz CT molecular complexity index is 1280. The molecule has 5 rings (SSSR count). The molecule has 0 aromatic carbocycles. The van der Waals surface area contributed by atoms with Gasteiger partial charge in [-0.2, -0.15) is 5.10 Å². The second kappa shape index (κ2) is 7.41. The number of nitrogens with one attached hydrogen (secondary N) is 2. The Morgan fingerprint density at radius 3 is 2.77 bits per heavy atom. The summed E-state index contributed by atoms with van der Waals surface area (Å²) in [6.45, 7) is 2.43. The Balaban J connectivity index is 1.40. The Labute approximate surface area is 175 Å². The molecule has 4 aromatic rings. The van der Waals surface area contributed by atoms with Crippen molar-refractivity contribution in [3.8, 4) is 0 Å². The van der Waals surface area contributed by atoms with Crippen LogP contribution in [0.2, 0.25) is 0 Å². The Morgan fingerprint density at radius 1 is 1.13 bits per heavy atom. The number of rotatable bonds is 6. The fraction of sp³-hybridized carbons (Fsp3) is 0.263. The minimum absolute atomic E-state index is 0.00542. The monoisotopic (exact) mass is 422 g/mol. The van der Waals surface area contributed by atoms with Gasteiger partial charge >= 0.3 is 0 Å². The lowest BCUT2D eigenvalue weighted by Crippen LogP contribution is -2.22. The molecule has 1 aliphatic carbocycles. The summed E-state index contributed by atoms with van der Waals surface area (Å²) in [6, 6.07) is 7.12. The first kappa shape index (κ1) is 18.6. The van der Waals surface area contributed by atoms with Gasteiger partial charge < -0.3 is 10.6 Å². The molecule has 152 valence electrons. The number of fused-ring (bicyclic) bond motifs is 2. The van der Waals surface area contributed by atoms with E-state index in [-0.39, 0.29) is 17.7 Å². The largest absolute Gasteiger partial charge is 0.352 e. The molecule has 0 bridgehead atoms. The van der Waals surface area contributed by atoms with E-state index in [0.717, 1.165) is 12.8 Å². The van der Waals surface area contributed by atoms with Crippen LogP contribution in [0.4, 0.5) is 5.82 Å². The molecule has 11 heteroatoms. The van der Waals surface area contributed by atoms with Crippen molar-refractivity contribution in [2.75, 3.05) is 11.9 Å². The Morgan fingerprint density at radius 2 is 1.97 bits per heavy atom. The zero-order valence-electron chi connectivity index (χ0n) is 16.1. The molecule has 2 N–H and O–H groups in total. The molecule has 0 aliphatic heterocycles. The molecule has 1 fully saturated rings. The fourth-order valence-electron chi connectivity index (χ4n) is 2.98. The summed E-state index contributed by atoms with van der Waals surface area (Å²) in [5.41, 5.74) is 1.80. The van der Waals surface area contributed by atoms with E-state index in [4.69, 9.17) is 0 Å². The molecule has 0 radical (unpaired) electrons. The summed E-state index contributed by atoms with van der Waals surface area (Å²) in [5.74, 6) is 0.453. The van der Waals surface area contributed by atoms with Gasteiger partial charge in [0.1, 0.15) is 5.03 Å². The number of nitrogens with zero attached hydrogens (tertiary/aromatic N) is 6. The Kier molecular flexibility index (Phi) is 4.58. The van der Waals surface area contributed by atoms with Crippen LogP contribution in [0, 0.1) is 5.92 Å². The van der Waals surface area contributed by atoms with Crippen molar-refractivity contribution in [3.05, 3.63) is 42.2 Å². The molecule has 4 aromatic heterocycles. The molecule has 1 saturated carbocycles. The maximum atomic E-state index is 12.1. The molecular weight excluding hydrogens is 404 g/mol. The van der Waals surface area contributed by atoms with Gasteiger partial charge in [-0.25, -0.2) is 9.50 Å². The lowest BCUT2D eigenvalue weighted by atomic mass is 10.2. The third-order valence-electron chi connectivity index (χ3n) is 4.66. The van der Waals surface area contributed by atoms with Gasteiger partial charge in [0.25, 0.3) is 5.91 Å². The number of amides is 2. The SMILES string of the molecule is CCNC(=O)c1ccc2nnc(Sc3ccc4nc(NC(=O)C5CC5)cn4n3)n2c1. The van der Waals surface area contributed by atoms with E-state index in [1.165, 1.54) is 11.8 Å². The quantitative estimate of drug-likeness (QED) is 0.488. The number of aromatic nitrogens is 6. The number of carbonyl (C=O) groups is 2. The van der Waals surface area contributed by atoms with Gasteiger partial charge in [-0.3, -0.25) is 14.0 Å². The zero-order valence-corrected chi connectivity index (χ0v) is 16.9. The predicted octanol–water partition coefficient (Wildman–Crippen LogP) is 2.02. The zero-order chi connectivity index (χ0) is 20.7. The van der Waals surface area contributed by atoms with Crippen molar-refractivity contribution < 1.29 is 9.59 Å². The van der Waals surface area contributed by atoms with Crippen LogP contribution < -0.4 is 10.6 Å². The summed E-state index contributed by atoms with van der Waals surface area (Å²) >= 11 is 1.32. The average molecular weight is 422 g/mol. The summed E-state index contributed by atoms with van der Waals surface area (Å²) in [5, 5.41) is 19.8. The van der Waals surface area contributed by atoms with Gasteiger partial charge in [-0.05, 0) is 55.8 Å². The van der Waals surface area contributed by atoms with Crippen molar-refractivity contribution >= 4 is 40.7 Å². The van der Waals surface area contributed by atoms with Gasteiger partial charge in [-0.15, -0.1) is 10.2 Å². The van der Waals surface area contributed by atoms with Crippen molar-refractivity contribution in [2.45, 2.75) is 29.9 Å². The van der Waals surface area contributed by atoms with Crippen molar-refractivity contribution in [3.63, 3.8) is 0 Å². The first-order valence-electron chi connectivity index (χ1n) is 9.59. The normalized spacial score (nSPS) is 13.6. The molecule has 0 spiro atoms.